The summed E-state index contributed by atoms with van der Waals surface area (Å²) in [6.45, 7) is 0. The molecule has 98 valence electrons. The highest BCUT2D eigenvalue weighted by molar-refractivity contribution is 6.30. The van der Waals surface area contributed by atoms with E-state index in [9.17, 15) is 4.39 Å². The monoisotopic (exact) mass is 281 g/mol. The minimum atomic E-state index is -0.591. The van der Waals surface area contributed by atoms with Crippen LogP contribution in [0.15, 0.2) is 41.7 Å². The standard InChI is InChI=1S/C12H9ClFN3O2/c13-9-2-1-8(6-10(9)14)19-11-5-7(3-4-16-11)12(15)17-18/h1-6,18H,(H2,15,17). The van der Waals surface area contributed by atoms with E-state index >= 15 is 0 Å². The number of benzene rings is 1. The van der Waals surface area contributed by atoms with Crippen LogP contribution in [0.1, 0.15) is 5.56 Å². The van der Waals surface area contributed by atoms with Crippen molar-refractivity contribution in [1.29, 1.82) is 0 Å². The number of ether oxygens (including phenoxy) is 1. The largest absolute Gasteiger partial charge is 0.439 e. The van der Waals surface area contributed by atoms with E-state index in [0.29, 0.717) is 5.56 Å². The molecule has 1 aromatic heterocycles. The Kier molecular flexibility index (Phi) is 3.82. The minimum absolute atomic E-state index is 0.00529. The highest BCUT2D eigenvalue weighted by Gasteiger charge is 2.06. The van der Waals surface area contributed by atoms with Crippen molar-refractivity contribution in [3.05, 3.63) is 52.9 Å². The first-order valence-electron chi connectivity index (χ1n) is 5.17. The summed E-state index contributed by atoms with van der Waals surface area (Å²) >= 11 is 5.56. The maximum Gasteiger partial charge on any atom is 0.219 e. The van der Waals surface area contributed by atoms with Gasteiger partial charge in [0.2, 0.25) is 5.88 Å². The average Bonchev–Trinajstić information content (AvgIpc) is 2.42. The van der Waals surface area contributed by atoms with Crippen LogP contribution in [-0.4, -0.2) is 16.0 Å². The zero-order chi connectivity index (χ0) is 13.8. The summed E-state index contributed by atoms with van der Waals surface area (Å²) in [5.74, 6) is -0.238. The van der Waals surface area contributed by atoms with Crippen LogP contribution < -0.4 is 10.5 Å². The molecule has 5 nitrogen and oxygen atoms in total. The Morgan fingerprint density at radius 1 is 1.37 bits per heavy atom. The topological polar surface area (TPSA) is 80.7 Å². The van der Waals surface area contributed by atoms with Crippen LogP contribution in [0.5, 0.6) is 11.6 Å². The average molecular weight is 282 g/mol. The molecule has 0 atom stereocenters. The number of pyridine rings is 1. The van der Waals surface area contributed by atoms with Crippen molar-refractivity contribution in [2.75, 3.05) is 0 Å². The fourth-order valence-electron chi connectivity index (χ4n) is 1.34. The maximum atomic E-state index is 13.2. The van der Waals surface area contributed by atoms with Crippen LogP contribution in [-0.2, 0) is 0 Å². The van der Waals surface area contributed by atoms with Gasteiger partial charge in [-0.15, -0.1) is 0 Å². The SMILES string of the molecule is N/C(=N/O)c1ccnc(Oc2ccc(Cl)c(F)c2)c1. The van der Waals surface area contributed by atoms with E-state index in [-0.39, 0.29) is 22.5 Å². The lowest BCUT2D eigenvalue weighted by Gasteiger charge is -2.06. The van der Waals surface area contributed by atoms with Gasteiger partial charge in [-0.3, -0.25) is 0 Å². The predicted molar refractivity (Wildman–Crippen MR) is 68.2 cm³/mol. The lowest BCUT2D eigenvalue weighted by atomic mass is 10.2. The number of nitrogens with zero attached hydrogens (tertiary/aromatic N) is 2. The lowest BCUT2D eigenvalue weighted by Crippen LogP contribution is -2.13. The first kappa shape index (κ1) is 13.1. The van der Waals surface area contributed by atoms with E-state index in [2.05, 4.69) is 10.1 Å². The van der Waals surface area contributed by atoms with E-state index in [1.54, 1.807) is 6.07 Å². The van der Waals surface area contributed by atoms with Crippen LogP contribution >= 0.6 is 11.6 Å². The molecule has 0 amide bonds. The predicted octanol–water partition coefficient (Wildman–Crippen LogP) is 2.76. The van der Waals surface area contributed by atoms with Gasteiger partial charge in [0.15, 0.2) is 5.84 Å². The molecule has 0 spiro atoms. The van der Waals surface area contributed by atoms with Gasteiger partial charge in [-0.05, 0) is 18.2 Å². The van der Waals surface area contributed by atoms with Gasteiger partial charge in [0.25, 0.3) is 0 Å². The third-order valence-electron chi connectivity index (χ3n) is 2.25. The van der Waals surface area contributed by atoms with Gasteiger partial charge in [0.1, 0.15) is 11.6 Å². The summed E-state index contributed by atoms with van der Waals surface area (Å²) < 4.78 is 18.6. The summed E-state index contributed by atoms with van der Waals surface area (Å²) in [4.78, 5) is 3.93. The number of hydrogen-bond acceptors (Lipinski definition) is 4. The summed E-state index contributed by atoms with van der Waals surface area (Å²) in [6, 6.07) is 7.02. The first-order valence-corrected chi connectivity index (χ1v) is 5.55. The Morgan fingerprint density at radius 2 is 2.16 bits per heavy atom. The highest BCUT2D eigenvalue weighted by Crippen LogP contribution is 2.24. The van der Waals surface area contributed by atoms with E-state index in [1.807, 2.05) is 0 Å². The van der Waals surface area contributed by atoms with Crippen LogP contribution in [0.4, 0.5) is 4.39 Å². The van der Waals surface area contributed by atoms with Crippen LogP contribution in [0, 0.1) is 5.82 Å². The van der Waals surface area contributed by atoms with E-state index in [0.717, 1.165) is 6.07 Å². The van der Waals surface area contributed by atoms with Crippen molar-refractivity contribution in [3.8, 4) is 11.6 Å². The molecule has 0 saturated carbocycles. The molecular weight excluding hydrogens is 273 g/mol. The van der Waals surface area contributed by atoms with Gasteiger partial charge < -0.3 is 15.7 Å². The second-order valence-corrected chi connectivity index (χ2v) is 3.95. The Morgan fingerprint density at radius 3 is 2.84 bits per heavy atom. The number of aromatic nitrogens is 1. The van der Waals surface area contributed by atoms with Crippen LogP contribution in [0.25, 0.3) is 0 Å². The third kappa shape index (κ3) is 3.11. The Hall–Kier alpha value is -2.34. The van der Waals surface area contributed by atoms with Gasteiger partial charge in [-0.1, -0.05) is 16.8 Å². The fraction of sp³-hybridized carbons (Fsp3) is 0. The van der Waals surface area contributed by atoms with Gasteiger partial charge in [0.05, 0.1) is 5.02 Å². The molecule has 1 aromatic carbocycles. The molecular formula is C12H9ClFN3O2. The zero-order valence-electron chi connectivity index (χ0n) is 9.55. The fourth-order valence-corrected chi connectivity index (χ4v) is 1.46. The van der Waals surface area contributed by atoms with Gasteiger partial charge in [0, 0.05) is 23.9 Å². The van der Waals surface area contributed by atoms with Crippen molar-refractivity contribution in [3.63, 3.8) is 0 Å². The van der Waals surface area contributed by atoms with E-state index in [1.165, 1.54) is 24.4 Å². The molecule has 2 rings (SSSR count). The molecule has 0 radical (unpaired) electrons. The number of oxime groups is 1. The number of nitrogens with two attached hydrogens (primary N) is 1. The number of hydrogen-bond donors (Lipinski definition) is 2. The third-order valence-corrected chi connectivity index (χ3v) is 2.56. The summed E-state index contributed by atoms with van der Waals surface area (Å²) in [5.41, 5.74) is 5.87. The highest BCUT2D eigenvalue weighted by atomic mass is 35.5. The first-order chi connectivity index (χ1) is 9.10. The number of halogens is 2. The molecule has 3 N–H and O–H groups in total. The lowest BCUT2D eigenvalue weighted by molar-refractivity contribution is 0.318. The van der Waals surface area contributed by atoms with Crippen LogP contribution in [0.3, 0.4) is 0 Å². The summed E-state index contributed by atoms with van der Waals surface area (Å²) in [5, 5.41) is 11.4. The molecule has 0 bridgehead atoms. The van der Waals surface area contributed by atoms with Gasteiger partial charge >= 0.3 is 0 Å². The van der Waals surface area contributed by atoms with Crippen molar-refractivity contribution in [2.24, 2.45) is 10.9 Å². The molecule has 19 heavy (non-hydrogen) atoms. The molecule has 7 heteroatoms. The molecule has 2 aromatic rings. The summed E-state index contributed by atoms with van der Waals surface area (Å²) in [6.07, 6.45) is 1.43. The van der Waals surface area contributed by atoms with E-state index < -0.39 is 5.82 Å². The van der Waals surface area contributed by atoms with Crippen molar-refractivity contribution < 1.29 is 14.3 Å². The van der Waals surface area contributed by atoms with Crippen LogP contribution in [0.2, 0.25) is 5.02 Å². The molecule has 0 aliphatic heterocycles. The van der Waals surface area contributed by atoms with E-state index in [4.69, 9.17) is 27.3 Å². The van der Waals surface area contributed by atoms with Crippen molar-refractivity contribution >= 4 is 17.4 Å². The van der Waals surface area contributed by atoms with Gasteiger partial charge in [-0.25, -0.2) is 9.37 Å². The number of amidine groups is 1. The maximum absolute atomic E-state index is 13.2. The minimum Gasteiger partial charge on any atom is -0.439 e. The normalized spacial score (nSPS) is 11.4. The molecule has 0 saturated heterocycles. The molecule has 0 fully saturated rings. The van der Waals surface area contributed by atoms with Crippen molar-refractivity contribution in [1.82, 2.24) is 4.98 Å². The molecule has 0 aliphatic rings. The zero-order valence-corrected chi connectivity index (χ0v) is 10.3. The molecule has 0 unspecified atom stereocenters. The second-order valence-electron chi connectivity index (χ2n) is 3.55. The quantitative estimate of drug-likeness (QED) is 0.392. The second kappa shape index (κ2) is 5.53. The Bertz CT molecular complexity index is 634. The molecule has 1 heterocycles. The van der Waals surface area contributed by atoms with Crippen molar-refractivity contribution in [2.45, 2.75) is 0 Å². The molecule has 0 aliphatic carbocycles. The summed E-state index contributed by atoms with van der Waals surface area (Å²) in [7, 11) is 0. The smallest absolute Gasteiger partial charge is 0.219 e. The Labute approximate surface area is 113 Å². The number of rotatable bonds is 3. The van der Waals surface area contributed by atoms with Gasteiger partial charge in [-0.2, -0.15) is 0 Å². The Balaban J connectivity index is 2.26.